The highest BCUT2D eigenvalue weighted by Gasteiger charge is 2.07. The van der Waals surface area contributed by atoms with E-state index in [1.54, 1.807) is 6.07 Å². The Morgan fingerprint density at radius 1 is 1.41 bits per heavy atom. The lowest BCUT2D eigenvalue weighted by Crippen LogP contribution is -2.11. The van der Waals surface area contributed by atoms with Crippen molar-refractivity contribution in [2.45, 2.75) is 19.8 Å². The first-order chi connectivity index (χ1) is 8.20. The maximum atomic E-state index is 13.5. The number of benzene rings is 1. The molecule has 0 saturated heterocycles. The Hall–Kier alpha value is -1.97. The normalized spacial score (nSPS) is 10.5. The zero-order valence-electron chi connectivity index (χ0n) is 9.53. The van der Waals surface area contributed by atoms with Crippen LogP contribution < -0.4 is 5.69 Å². The van der Waals surface area contributed by atoms with Gasteiger partial charge >= 0.3 is 5.69 Å². The maximum absolute atomic E-state index is 13.5. The molecular formula is C13H13FN2O. The lowest BCUT2D eigenvalue weighted by molar-refractivity contribution is 0.615. The predicted molar refractivity (Wildman–Crippen MR) is 64.2 cm³/mol. The Labute approximate surface area is 98.3 Å². The smallest absolute Gasteiger partial charge is 0.303 e. The van der Waals surface area contributed by atoms with Gasteiger partial charge in [0, 0.05) is 5.56 Å². The summed E-state index contributed by atoms with van der Waals surface area (Å²) in [6.45, 7) is 2.08. The van der Waals surface area contributed by atoms with Gasteiger partial charge in [-0.2, -0.15) is 4.98 Å². The van der Waals surface area contributed by atoms with Crippen LogP contribution in [-0.2, 0) is 6.42 Å². The van der Waals surface area contributed by atoms with Crippen LogP contribution in [0.4, 0.5) is 4.39 Å². The summed E-state index contributed by atoms with van der Waals surface area (Å²) in [6.07, 6.45) is 2.91. The number of nitrogens with one attached hydrogen (secondary N) is 1. The SMILES string of the molecule is CCCc1cccc(-c2[nH]c(=O)ncc2F)c1. The summed E-state index contributed by atoms with van der Waals surface area (Å²) < 4.78 is 13.5. The number of H-pyrrole nitrogens is 1. The van der Waals surface area contributed by atoms with E-state index in [2.05, 4.69) is 16.9 Å². The number of nitrogens with zero attached hydrogens (tertiary/aromatic N) is 1. The highest BCUT2D eigenvalue weighted by molar-refractivity contribution is 5.60. The number of aromatic amines is 1. The topological polar surface area (TPSA) is 45.8 Å². The molecule has 17 heavy (non-hydrogen) atoms. The molecule has 0 aliphatic heterocycles. The Morgan fingerprint density at radius 2 is 2.24 bits per heavy atom. The summed E-state index contributed by atoms with van der Waals surface area (Å²) in [6, 6.07) is 7.51. The van der Waals surface area contributed by atoms with Gasteiger partial charge in [0.25, 0.3) is 0 Å². The first kappa shape index (κ1) is 11.5. The lowest BCUT2D eigenvalue weighted by atomic mass is 10.0. The van der Waals surface area contributed by atoms with Crippen molar-refractivity contribution in [3.8, 4) is 11.3 Å². The van der Waals surface area contributed by atoms with Crippen LogP contribution in [0.5, 0.6) is 0 Å². The van der Waals surface area contributed by atoms with Crippen molar-refractivity contribution in [3.05, 3.63) is 52.3 Å². The van der Waals surface area contributed by atoms with E-state index in [1.165, 1.54) is 0 Å². The first-order valence-corrected chi connectivity index (χ1v) is 5.55. The molecule has 0 amide bonds. The third-order valence-electron chi connectivity index (χ3n) is 2.52. The van der Waals surface area contributed by atoms with Gasteiger partial charge in [-0.15, -0.1) is 0 Å². The molecule has 0 saturated carbocycles. The molecule has 0 aliphatic rings. The molecule has 1 aromatic carbocycles. The van der Waals surface area contributed by atoms with E-state index in [1.807, 2.05) is 18.2 Å². The summed E-state index contributed by atoms with van der Waals surface area (Å²) in [7, 11) is 0. The van der Waals surface area contributed by atoms with E-state index in [0.29, 0.717) is 5.56 Å². The molecule has 0 unspecified atom stereocenters. The second-order valence-electron chi connectivity index (χ2n) is 3.86. The van der Waals surface area contributed by atoms with Gasteiger partial charge < -0.3 is 4.98 Å². The highest BCUT2D eigenvalue weighted by atomic mass is 19.1. The molecular weight excluding hydrogens is 219 g/mol. The number of hydrogen-bond donors (Lipinski definition) is 1. The van der Waals surface area contributed by atoms with E-state index in [4.69, 9.17) is 0 Å². The van der Waals surface area contributed by atoms with Crippen molar-refractivity contribution in [2.75, 3.05) is 0 Å². The minimum atomic E-state index is -0.540. The van der Waals surface area contributed by atoms with Crippen molar-refractivity contribution >= 4 is 0 Å². The molecule has 0 spiro atoms. The Balaban J connectivity index is 2.48. The minimum Gasteiger partial charge on any atom is -0.303 e. The molecule has 0 aliphatic carbocycles. The van der Waals surface area contributed by atoms with Gasteiger partial charge in [-0.05, 0) is 18.1 Å². The average molecular weight is 232 g/mol. The van der Waals surface area contributed by atoms with Crippen molar-refractivity contribution in [1.29, 1.82) is 0 Å². The van der Waals surface area contributed by atoms with Crippen LogP contribution in [0.1, 0.15) is 18.9 Å². The minimum absolute atomic E-state index is 0.197. The molecule has 3 nitrogen and oxygen atoms in total. The third-order valence-corrected chi connectivity index (χ3v) is 2.52. The van der Waals surface area contributed by atoms with Crippen LogP contribution in [0.2, 0.25) is 0 Å². The number of hydrogen-bond acceptors (Lipinski definition) is 2. The summed E-state index contributed by atoms with van der Waals surface area (Å²) in [4.78, 5) is 16.9. The lowest BCUT2D eigenvalue weighted by Gasteiger charge is -2.05. The van der Waals surface area contributed by atoms with Gasteiger partial charge in [-0.3, -0.25) is 0 Å². The molecule has 2 aromatic rings. The van der Waals surface area contributed by atoms with Crippen LogP contribution in [0.3, 0.4) is 0 Å². The van der Waals surface area contributed by atoms with E-state index < -0.39 is 11.5 Å². The summed E-state index contributed by atoms with van der Waals surface area (Å²) in [5, 5.41) is 0. The molecule has 0 radical (unpaired) electrons. The molecule has 1 aromatic heterocycles. The van der Waals surface area contributed by atoms with Gasteiger partial charge in [0.15, 0.2) is 5.82 Å². The monoisotopic (exact) mass is 232 g/mol. The zero-order chi connectivity index (χ0) is 12.3. The Morgan fingerprint density at radius 3 is 3.00 bits per heavy atom. The largest absolute Gasteiger partial charge is 0.345 e. The molecule has 2 rings (SSSR count). The third kappa shape index (κ3) is 2.58. The molecule has 1 N–H and O–H groups in total. The van der Waals surface area contributed by atoms with Crippen LogP contribution in [-0.4, -0.2) is 9.97 Å². The van der Waals surface area contributed by atoms with Crippen molar-refractivity contribution in [2.24, 2.45) is 0 Å². The highest BCUT2D eigenvalue weighted by Crippen LogP contribution is 2.20. The molecule has 0 bridgehead atoms. The molecule has 4 heteroatoms. The van der Waals surface area contributed by atoms with Crippen LogP contribution in [0.25, 0.3) is 11.3 Å². The van der Waals surface area contributed by atoms with E-state index >= 15 is 0 Å². The number of rotatable bonds is 3. The summed E-state index contributed by atoms with van der Waals surface area (Å²) in [5.41, 5.74) is 1.46. The van der Waals surface area contributed by atoms with Gasteiger partial charge in [0.2, 0.25) is 0 Å². The van der Waals surface area contributed by atoms with Crippen LogP contribution in [0.15, 0.2) is 35.3 Å². The van der Waals surface area contributed by atoms with Gasteiger partial charge in [0.05, 0.1) is 11.9 Å². The van der Waals surface area contributed by atoms with E-state index in [-0.39, 0.29) is 5.69 Å². The van der Waals surface area contributed by atoms with E-state index in [9.17, 15) is 9.18 Å². The Kier molecular flexibility index (Phi) is 3.32. The van der Waals surface area contributed by atoms with E-state index in [0.717, 1.165) is 24.6 Å². The number of aromatic nitrogens is 2. The predicted octanol–water partition coefficient (Wildman–Crippen LogP) is 2.53. The molecule has 0 atom stereocenters. The second-order valence-corrected chi connectivity index (χ2v) is 3.86. The van der Waals surface area contributed by atoms with Crippen molar-refractivity contribution in [3.63, 3.8) is 0 Å². The number of halogens is 1. The summed E-state index contributed by atoms with van der Waals surface area (Å²) in [5.74, 6) is -0.516. The molecule has 0 fully saturated rings. The van der Waals surface area contributed by atoms with Crippen LogP contribution in [0, 0.1) is 5.82 Å². The second kappa shape index (κ2) is 4.91. The van der Waals surface area contributed by atoms with Crippen LogP contribution >= 0.6 is 0 Å². The standard InChI is InChI=1S/C13H13FN2O/c1-2-4-9-5-3-6-10(7-9)12-11(14)8-15-13(17)16-12/h3,5-8H,2,4H2,1H3,(H,15,16,17). The van der Waals surface area contributed by atoms with Crippen molar-refractivity contribution < 1.29 is 4.39 Å². The summed E-state index contributed by atoms with van der Waals surface area (Å²) >= 11 is 0. The van der Waals surface area contributed by atoms with Crippen molar-refractivity contribution in [1.82, 2.24) is 9.97 Å². The maximum Gasteiger partial charge on any atom is 0.345 e. The first-order valence-electron chi connectivity index (χ1n) is 5.55. The average Bonchev–Trinajstić information content (AvgIpc) is 2.33. The number of aryl methyl sites for hydroxylation is 1. The molecule has 88 valence electrons. The quantitative estimate of drug-likeness (QED) is 0.883. The van der Waals surface area contributed by atoms with Gasteiger partial charge in [-0.25, -0.2) is 9.18 Å². The van der Waals surface area contributed by atoms with Gasteiger partial charge in [-0.1, -0.05) is 31.5 Å². The Bertz CT molecular complexity index is 578. The van der Waals surface area contributed by atoms with Gasteiger partial charge in [0.1, 0.15) is 0 Å². The fourth-order valence-corrected chi connectivity index (χ4v) is 1.76. The molecule has 1 heterocycles. The fraction of sp³-hybridized carbons (Fsp3) is 0.231. The fourth-order valence-electron chi connectivity index (χ4n) is 1.76. The zero-order valence-corrected chi connectivity index (χ0v) is 9.53.